The molecule has 0 bridgehead atoms. The number of anilines is 1. The number of carbonyl (C=O) groups is 2. The van der Waals surface area contributed by atoms with Gasteiger partial charge in [0.15, 0.2) is 0 Å². The third-order valence-corrected chi connectivity index (χ3v) is 3.21. The molecule has 0 aliphatic rings. The second kappa shape index (κ2) is 7.95. The monoisotopic (exact) mass is 316 g/mol. The zero-order valence-electron chi connectivity index (χ0n) is 11.8. The van der Waals surface area contributed by atoms with E-state index in [9.17, 15) is 19.1 Å². The van der Waals surface area contributed by atoms with Crippen LogP contribution in [-0.4, -0.2) is 29.6 Å². The van der Waals surface area contributed by atoms with Gasteiger partial charge in [-0.15, -0.1) is 0 Å². The van der Waals surface area contributed by atoms with Crippen molar-refractivity contribution in [3.05, 3.63) is 29.0 Å². The van der Waals surface area contributed by atoms with E-state index < -0.39 is 23.7 Å². The Kier molecular flexibility index (Phi) is 6.58. The van der Waals surface area contributed by atoms with Crippen molar-refractivity contribution in [2.24, 2.45) is 5.92 Å². The van der Waals surface area contributed by atoms with Crippen molar-refractivity contribution < 1.29 is 19.1 Å². The molecule has 3 N–H and O–H groups in total. The Morgan fingerprint density at radius 1 is 1.33 bits per heavy atom. The fourth-order valence-electron chi connectivity index (χ4n) is 1.52. The van der Waals surface area contributed by atoms with Crippen LogP contribution in [0.4, 0.5) is 10.1 Å². The maximum absolute atomic E-state index is 13.0. The van der Waals surface area contributed by atoms with Gasteiger partial charge in [0.2, 0.25) is 0 Å². The summed E-state index contributed by atoms with van der Waals surface area (Å²) in [5.41, 5.74) is 0.0269. The molecule has 1 atom stereocenters. The van der Waals surface area contributed by atoms with Gasteiger partial charge in [-0.05, 0) is 30.5 Å². The molecular weight excluding hydrogens is 299 g/mol. The Labute approximate surface area is 127 Å². The van der Waals surface area contributed by atoms with Gasteiger partial charge in [-0.1, -0.05) is 25.4 Å². The number of benzene rings is 1. The number of rotatable bonds is 5. The molecule has 1 aromatic rings. The van der Waals surface area contributed by atoms with E-state index in [1.54, 1.807) is 0 Å². The minimum atomic E-state index is -0.943. The number of aliphatic hydroxyl groups excluding tert-OH is 1. The van der Waals surface area contributed by atoms with Crippen LogP contribution in [0.3, 0.4) is 0 Å². The fourth-order valence-corrected chi connectivity index (χ4v) is 1.68. The smallest absolute Gasteiger partial charge is 0.313 e. The van der Waals surface area contributed by atoms with Crippen molar-refractivity contribution in [2.45, 2.75) is 26.4 Å². The van der Waals surface area contributed by atoms with Crippen molar-refractivity contribution in [3.63, 3.8) is 0 Å². The van der Waals surface area contributed by atoms with Crippen LogP contribution in [0.15, 0.2) is 18.2 Å². The molecule has 116 valence electrons. The summed E-state index contributed by atoms with van der Waals surface area (Å²) >= 11 is 5.78. The van der Waals surface area contributed by atoms with Gasteiger partial charge in [-0.3, -0.25) is 9.59 Å². The number of amides is 2. The van der Waals surface area contributed by atoms with Gasteiger partial charge in [-0.2, -0.15) is 0 Å². The van der Waals surface area contributed by atoms with Gasteiger partial charge < -0.3 is 15.7 Å². The summed E-state index contributed by atoms with van der Waals surface area (Å²) in [6, 6.07) is 3.45. The van der Waals surface area contributed by atoms with Crippen molar-refractivity contribution in [3.8, 4) is 0 Å². The Balaban J connectivity index is 2.48. The molecule has 0 aliphatic carbocycles. The Morgan fingerprint density at radius 3 is 2.62 bits per heavy atom. The Hall–Kier alpha value is -1.66. The molecule has 1 unspecified atom stereocenters. The third-order valence-electron chi connectivity index (χ3n) is 2.88. The number of carbonyl (C=O) groups excluding carboxylic acids is 2. The van der Waals surface area contributed by atoms with E-state index in [0.29, 0.717) is 6.42 Å². The van der Waals surface area contributed by atoms with Gasteiger partial charge in [0, 0.05) is 6.54 Å². The molecule has 1 aromatic carbocycles. The molecule has 7 heteroatoms. The lowest BCUT2D eigenvalue weighted by Gasteiger charge is -2.14. The molecule has 0 spiro atoms. The predicted octanol–water partition coefficient (Wildman–Crippen LogP) is 1.94. The third kappa shape index (κ3) is 5.69. The number of aliphatic hydroxyl groups is 1. The lowest BCUT2D eigenvalue weighted by molar-refractivity contribution is -0.136. The van der Waals surface area contributed by atoms with E-state index in [-0.39, 0.29) is 23.2 Å². The highest BCUT2D eigenvalue weighted by Crippen LogP contribution is 2.22. The van der Waals surface area contributed by atoms with Gasteiger partial charge in [-0.25, -0.2) is 4.39 Å². The Morgan fingerprint density at radius 2 is 2.00 bits per heavy atom. The fraction of sp³-hybridized carbons (Fsp3) is 0.429. The molecule has 0 fully saturated rings. The van der Waals surface area contributed by atoms with E-state index in [0.717, 1.165) is 12.1 Å². The standard InChI is InChI=1S/C14H18ClFN2O3/c1-8(2)12(19)5-6-17-13(20)14(21)18-11-7-9(16)3-4-10(11)15/h3-4,7-8,12,19H,5-6H2,1-2H3,(H,17,20)(H,18,21). The quantitative estimate of drug-likeness (QED) is 0.726. The summed E-state index contributed by atoms with van der Waals surface area (Å²) in [7, 11) is 0. The lowest BCUT2D eigenvalue weighted by Crippen LogP contribution is -2.37. The average Bonchev–Trinajstić information content (AvgIpc) is 2.42. The molecular formula is C14H18ClFN2O3. The van der Waals surface area contributed by atoms with Crippen molar-refractivity contribution in [1.29, 1.82) is 0 Å². The van der Waals surface area contributed by atoms with E-state index in [1.165, 1.54) is 6.07 Å². The Bertz CT molecular complexity index is 523. The molecule has 21 heavy (non-hydrogen) atoms. The van der Waals surface area contributed by atoms with Crippen LogP contribution in [-0.2, 0) is 9.59 Å². The lowest BCUT2D eigenvalue weighted by atomic mass is 10.0. The maximum Gasteiger partial charge on any atom is 0.313 e. The highest BCUT2D eigenvalue weighted by Gasteiger charge is 2.16. The van der Waals surface area contributed by atoms with E-state index in [2.05, 4.69) is 10.6 Å². The first-order chi connectivity index (χ1) is 9.81. The minimum Gasteiger partial charge on any atom is -0.393 e. The predicted molar refractivity (Wildman–Crippen MR) is 78.5 cm³/mol. The van der Waals surface area contributed by atoms with Crippen LogP contribution in [0.1, 0.15) is 20.3 Å². The first-order valence-electron chi connectivity index (χ1n) is 6.53. The van der Waals surface area contributed by atoms with Crippen LogP contribution in [0.25, 0.3) is 0 Å². The number of nitrogens with one attached hydrogen (secondary N) is 2. The zero-order valence-corrected chi connectivity index (χ0v) is 12.6. The molecule has 0 aromatic heterocycles. The molecule has 0 aliphatic heterocycles. The second-order valence-electron chi connectivity index (χ2n) is 4.93. The molecule has 2 amide bonds. The molecule has 0 saturated carbocycles. The highest BCUT2D eigenvalue weighted by atomic mass is 35.5. The van der Waals surface area contributed by atoms with Crippen LogP contribution in [0.2, 0.25) is 5.02 Å². The second-order valence-corrected chi connectivity index (χ2v) is 5.34. The van der Waals surface area contributed by atoms with Crippen LogP contribution >= 0.6 is 11.6 Å². The summed E-state index contributed by atoms with van der Waals surface area (Å²) in [5.74, 6) is -2.31. The molecule has 0 saturated heterocycles. The first-order valence-corrected chi connectivity index (χ1v) is 6.91. The molecule has 5 nitrogen and oxygen atoms in total. The van der Waals surface area contributed by atoms with Crippen LogP contribution in [0.5, 0.6) is 0 Å². The van der Waals surface area contributed by atoms with Gasteiger partial charge in [0.1, 0.15) is 5.82 Å². The highest BCUT2D eigenvalue weighted by molar-refractivity contribution is 6.41. The van der Waals surface area contributed by atoms with E-state index in [1.807, 2.05) is 13.8 Å². The topological polar surface area (TPSA) is 78.4 Å². The van der Waals surface area contributed by atoms with Crippen molar-refractivity contribution in [2.75, 3.05) is 11.9 Å². The molecule has 0 radical (unpaired) electrons. The largest absolute Gasteiger partial charge is 0.393 e. The number of hydrogen-bond acceptors (Lipinski definition) is 3. The van der Waals surface area contributed by atoms with E-state index in [4.69, 9.17) is 11.6 Å². The minimum absolute atomic E-state index is 0.0269. The van der Waals surface area contributed by atoms with Gasteiger partial charge in [0.25, 0.3) is 0 Å². The summed E-state index contributed by atoms with van der Waals surface area (Å²) in [6.45, 7) is 3.87. The average molecular weight is 317 g/mol. The van der Waals surface area contributed by atoms with Crippen molar-refractivity contribution in [1.82, 2.24) is 5.32 Å². The summed E-state index contributed by atoms with van der Waals surface area (Å²) in [6.07, 6.45) is -0.205. The molecule has 0 heterocycles. The number of halogens is 2. The van der Waals surface area contributed by atoms with Crippen LogP contribution < -0.4 is 10.6 Å². The van der Waals surface area contributed by atoms with Gasteiger partial charge in [0.05, 0.1) is 16.8 Å². The molecule has 1 rings (SSSR count). The first kappa shape index (κ1) is 17.4. The van der Waals surface area contributed by atoms with Crippen LogP contribution in [0, 0.1) is 11.7 Å². The summed E-state index contributed by atoms with van der Waals surface area (Å²) in [4.78, 5) is 23.2. The summed E-state index contributed by atoms with van der Waals surface area (Å²) in [5, 5.41) is 14.3. The van der Waals surface area contributed by atoms with E-state index >= 15 is 0 Å². The normalized spacial score (nSPS) is 12.1. The number of hydrogen-bond donors (Lipinski definition) is 3. The summed E-state index contributed by atoms with van der Waals surface area (Å²) < 4.78 is 13.0. The maximum atomic E-state index is 13.0. The SMILES string of the molecule is CC(C)C(O)CCNC(=O)C(=O)Nc1cc(F)ccc1Cl. The zero-order chi connectivity index (χ0) is 16.0. The van der Waals surface area contributed by atoms with Gasteiger partial charge >= 0.3 is 11.8 Å². The van der Waals surface area contributed by atoms with Crippen molar-refractivity contribution >= 4 is 29.1 Å².